The molecule has 32 heavy (non-hydrogen) atoms. The van der Waals surface area contributed by atoms with Crippen LogP contribution in [0.15, 0.2) is 47.4 Å². The SMILES string of the molecule is CCOc1ccc(NS(=O)(=O)c2cc(C(=O)NCCC(=O)N3CCCC3)ccc2Cl)cc1. The van der Waals surface area contributed by atoms with Crippen LogP contribution in [-0.4, -0.2) is 51.4 Å². The molecule has 172 valence electrons. The quantitative estimate of drug-likeness (QED) is 0.574. The van der Waals surface area contributed by atoms with Crippen molar-refractivity contribution in [2.45, 2.75) is 31.1 Å². The molecule has 0 bridgehead atoms. The molecule has 0 aliphatic carbocycles. The fourth-order valence-corrected chi connectivity index (χ4v) is 4.94. The number of ether oxygens (including phenoxy) is 1. The number of nitrogens with one attached hydrogen (secondary N) is 2. The van der Waals surface area contributed by atoms with Gasteiger partial charge in [0.15, 0.2) is 0 Å². The van der Waals surface area contributed by atoms with Gasteiger partial charge in [-0.05, 0) is 62.2 Å². The number of carbonyl (C=O) groups excluding carboxylic acids is 2. The van der Waals surface area contributed by atoms with Gasteiger partial charge in [0.25, 0.3) is 15.9 Å². The molecule has 2 N–H and O–H groups in total. The lowest BCUT2D eigenvalue weighted by molar-refractivity contribution is -0.129. The highest BCUT2D eigenvalue weighted by atomic mass is 35.5. The molecule has 1 aliphatic heterocycles. The molecule has 0 saturated carbocycles. The summed E-state index contributed by atoms with van der Waals surface area (Å²) in [5, 5.41) is 2.65. The number of halogens is 1. The Morgan fingerprint density at radius 3 is 2.44 bits per heavy atom. The van der Waals surface area contributed by atoms with Gasteiger partial charge in [-0.15, -0.1) is 0 Å². The van der Waals surface area contributed by atoms with Crippen molar-refractivity contribution in [2.24, 2.45) is 0 Å². The monoisotopic (exact) mass is 479 g/mol. The van der Waals surface area contributed by atoms with E-state index in [4.69, 9.17) is 16.3 Å². The second kappa shape index (κ2) is 10.7. The maximum atomic E-state index is 12.8. The van der Waals surface area contributed by atoms with Gasteiger partial charge < -0.3 is 15.0 Å². The van der Waals surface area contributed by atoms with E-state index in [-0.39, 0.29) is 34.4 Å². The molecule has 1 saturated heterocycles. The van der Waals surface area contributed by atoms with Crippen molar-refractivity contribution in [3.05, 3.63) is 53.1 Å². The van der Waals surface area contributed by atoms with E-state index in [0.717, 1.165) is 25.9 Å². The molecule has 0 aromatic heterocycles. The van der Waals surface area contributed by atoms with Crippen molar-refractivity contribution in [1.29, 1.82) is 0 Å². The molecule has 1 heterocycles. The van der Waals surface area contributed by atoms with Crippen LogP contribution >= 0.6 is 11.6 Å². The Morgan fingerprint density at radius 1 is 1.09 bits per heavy atom. The Balaban J connectivity index is 1.65. The third-order valence-corrected chi connectivity index (χ3v) is 6.85. The van der Waals surface area contributed by atoms with E-state index in [1.165, 1.54) is 18.2 Å². The number of amides is 2. The van der Waals surface area contributed by atoms with E-state index in [1.807, 2.05) is 6.92 Å². The van der Waals surface area contributed by atoms with Crippen LogP contribution in [0.1, 0.15) is 36.5 Å². The van der Waals surface area contributed by atoms with Crippen molar-refractivity contribution >= 4 is 39.1 Å². The highest BCUT2D eigenvalue weighted by molar-refractivity contribution is 7.92. The summed E-state index contributed by atoms with van der Waals surface area (Å²) in [5.41, 5.74) is 0.467. The summed E-state index contributed by atoms with van der Waals surface area (Å²) < 4.78 is 33.5. The number of hydrogen-bond acceptors (Lipinski definition) is 5. The van der Waals surface area contributed by atoms with Gasteiger partial charge in [-0.2, -0.15) is 0 Å². The maximum absolute atomic E-state index is 12.8. The molecule has 2 aromatic rings. The van der Waals surface area contributed by atoms with E-state index in [1.54, 1.807) is 29.2 Å². The van der Waals surface area contributed by atoms with Gasteiger partial charge in [0.2, 0.25) is 5.91 Å². The second-order valence-corrected chi connectivity index (χ2v) is 9.36. The minimum Gasteiger partial charge on any atom is -0.494 e. The Morgan fingerprint density at radius 2 is 1.78 bits per heavy atom. The number of likely N-dealkylation sites (tertiary alicyclic amines) is 1. The molecule has 0 unspecified atom stereocenters. The number of benzene rings is 2. The zero-order valence-electron chi connectivity index (χ0n) is 17.8. The van der Waals surface area contributed by atoms with E-state index in [2.05, 4.69) is 10.0 Å². The predicted molar refractivity (Wildman–Crippen MR) is 123 cm³/mol. The lowest BCUT2D eigenvalue weighted by Crippen LogP contribution is -2.32. The highest BCUT2D eigenvalue weighted by Gasteiger charge is 2.21. The first-order valence-electron chi connectivity index (χ1n) is 10.4. The lowest BCUT2D eigenvalue weighted by atomic mass is 10.2. The average molecular weight is 480 g/mol. The van der Waals surface area contributed by atoms with Gasteiger partial charge in [-0.1, -0.05) is 11.6 Å². The molecule has 8 nitrogen and oxygen atoms in total. The van der Waals surface area contributed by atoms with Gasteiger partial charge in [-0.3, -0.25) is 14.3 Å². The summed E-state index contributed by atoms with van der Waals surface area (Å²) in [4.78, 5) is 26.1. The number of rotatable bonds is 9. The third-order valence-electron chi connectivity index (χ3n) is 4.98. The summed E-state index contributed by atoms with van der Waals surface area (Å²) in [6.07, 6.45) is 2.21. The lowest BCUT2D eigenvalue weighted by Gasteiger charge is -2.15. The third kappa shape index (κ3) is 6.14. The fraction of sp³-hybridized carbons (Fsp3) is 0.364. The van der Waals surface area contributed by atoms with Crippen LogP contribution in [0.4, 0.5) is 5.69 Å². The van der Waals surface area contributed by atoms with E-state index in [0.29, 0.717) is 18.0 Å². The zero-order valence-corrected chi connectivity index (χ0v) is 19.3. The number of nitrogens with zero attached hydrogens (tertiary/aromatic N) is 1. The number of carbonyl (C=O) groups is 2. The van der Waals surface area contributed by atoms with E-state index in [9.17, 15) is 18.0 Å². The molecule has 1 aliphatic rings. The molecule has 3 rings (SSSR count). The van der Waals surface area contributed by atoms with Crippen molar-refractivity contribution in [3.63, 3.8) is 0 Å². The van der Waals surface area contributed by atoms with Crippen molar-refractivity contribution < 1.29 is 22.7 Å². The van der Waals surface area contributed by atoms with Crippen LogP contribution < -0.4 is 14.8 Å². The topological polar surface area (TPSA) is 105 Å². The summed E-state index contributed by atoms with van der Waals surface area (Å²) in [6.45, 7) is 4.04. The molecular formula is C22H26ClN3O5S. The molecule has 2 amide bonds. The minimum absolute atomic E-state index is 0.00160. The Labute approximate surface area is 192 Å². The van der Waals surface area contributed by atoms with Gasteiger partial charge in [-0.25, -0.2) is 8.42 Å². The minimum atomic E-state index is -4.03. The van der Waals surface area contributed by atoms with Crippen LogP contribution in [0.25, 0.3) is 0 Å². The van der Waals surface area contributed by atoms with Gasteiger partial charge >= 0.3 is 0 Å². The van der Waals surface area contributed by atoms with Gasteiger partial charge in [0, 0.05) is 37.3 Å². The van der Waals surface area contributed by atoms with Crippen LogP contribution in [-0.2, 0) is 14.8 Å². The van der Waals surface area contributed by atoms with Crippen LogP contribution in [0, 0.1) is 0 Å². The molecule has 1 fully saturated rings. The first kappa shape index (κ1) is 23.9. The summed E-state index contributed by atoms with van der Waals surface area (Å²) in [7, 11) is -4.03. The average Bonchev–Trinajstić information content (AvgIpc) is 3.30. The van der Waals surface area contributed by atoms with Crippen molar-refractivity contribution in [3.8, 4) is 5.75 Å². The summed E-state index contributed by atoms with van der Waals surface area (Å²) in [6, 6.07) is 10.5. The number of hydrogen-bond donors (Lipinski definition) is 2. The fourth-order valence-electron chi connectivity index (χ4n) is 3.36. The van der Waals surface area contributed by atoms with E-state index >= 15 is 0 Å². The van der Waals surface area contributed by atoms with Gasteiger partial charge in [0.1, 0.15) is 10.6 Å². The Bertz CT molecular complexity index is 1070. The standard InChI is InChI=1S/C22H26ClN3O5S/c1-2-31-18-8-6-17(7-9-18)25-32(29,30)20-15-16(5-10-19(20)23)22(28)24-12-11-21(27)26-13-3-4-14-26/h5-10,15,25H,2-4,11-14H2,1H3,(H,24,28). The number of sulfonamides is 1. The second-order valence-electron chi connectivity index (χ2n) is 7.30. The normalized spacial score (nSPS) is 13.6. The Kier molecular flexibility index (Phi) is 7.98. The molecule has 0 radical (unpaired) electrons. The smallest absolute Gasteiger partial charge is 0.263 e. The molecule has 0 atom stereocenters. The van der Waals surface area contributed by atoms with E-state index < -0.39 is 15.9 Å². The zero-order chi connectivity index (χ0) is 23.1. The predicted octanol–water partition coefficient (Wildman–Crippen LogP) is 3.28. The molecular weight excluding hydrogens is 454 g/mol. The highest BCUT2D eigenvalue weighted by Crippen LogP contribution is 2.26. The van der Waals surface area contributed by atoms with Crippen LogP contribution in [0.2, 0.25) is 5.02 Å². The maximum Gasteiger partial charge on any atom is 0.263 e. The number of anilines is 1. The van der Waals surface area contributed by atoms with Gasteiger partial charge in [0.05, 0.1) is 11.6 Å². The van der Waals surface area contributed by atoms with Crippen molar-refractivity contribution in [2.75, 3.05) is 31.0 Å². The summed E-state index contributed by atoms with van der Waals surface area (Å²) >= 11 is 6.12. The molecule has 10 heteroatoms. The summed E-state index contributed by atoms with van der Waals surface area (Å²) in [5.74, 6) is 0.144. The first-order chi connectivity index (χ1) is 15.3. The molecule has 0 spiro atoms. The molecule has 2 aromatic carbocycles. The van der Waals surface area contributed by atoms with Crippen LogP contribution in [0.3, 0.4) is 0 Å². The largest absolute Gasteiger partial charge is 0.494 e. The van der Waals surface area contributed by atoms with Crippen molar-refractivity contribution in [1.82, 2.24) is 10.2 Å². The van der Waals surface area contributed by atoms with Crippen LogP contribution in [0.5, 0.6) is 5.75 Å². The Hall–Kier alpha value is -2.78. The first-order valence-corrected chi connectivity index (χ1v) is 12.3.